The van der Waals surface area contributed by atoms with E-state index in [2.05, 4.69) is 34.4 Å². The predicted octanol–water partition coefficient (Wildman–Crippen LogP) is 7.12. The number of carbonyl (C=O) groups is 2. The number of hydrogen-bond acceptors (Lipinski definition) is 8. The molecule has 6 rings (SSSR count). The van der Waals surface area contributed by atoms with Gasteiger partial charge in [-0.15, -0.1) is 0 Å². The van der Waals surface area contributed by atoms with Crippen molar-refractivity contribution in [3.8, 4) is 17.4 Å². The van der Waals surface area contributed by atoms with Crippen molar-refractivity contribution in [3.63, 3.8) is 0 Å². The molecule has 0 radical (unpaired) electrons. The summed E-state index contributed by atoms with van der Waals surface area (Å²) in [7, 11) is 1.53. The Morgan fingerprint density at radius 3 is 2.41 bits per heavy atom. The van der Waals surface area contributed by atoms with Gasteiger partial charge in [0.1, 0.15) is 5.82 Å². The Balaban J connectivity index is 1.38. The Hall–Kier alpha value is -4.41. The van der Waals surface area contributed by atoms with E-state index in [-0.39, 0.29) is 17.8 Å². The van der Waals surface area contributed by atoms with E-state index in [1.165, 1.54) is 7.11 Å². The molecule has 12 heteroatoms. The number of allylic oxidation sites excluding steroid dienone is 2. The lowest BCUT2D eigenvalue weighted by Gasteiger charge is -2.38. The highest BCUT2D eigenvalue weighted by Gasteiger charge is 2.43. The molecule has 1 unspecified atom stereocenters. The summed E-state index contributed by atoms with van der Waals surface area (Å²) >= 11 is 12.4. The van der Waals surface area contributed by atoms with Crippen LogP contribution in [-0.2, 0) is 9.59 Å². The van der Waals surface area contributed by atoms with Crippen molar-refractivity contribution >= 4 is 46.4 Å². The summed E-state index contributed by atoms with van der Waals surface area (Å²) in [4.78, 5) is 35.9. The van der Waals surface area contributed by atoms with Crippen LogP contribution >= 0.6 is 23.2 Å². The first-order valence-electron chi connectivity index (χ1n) is 14.8. The highest BCUT2D eigenvalue weighted by Crippen LogP contribution is 2.51. The highest BCUT2D eigenvalue weighted by molar-refractivity contribution is 6.39. The lowest BCUT2D eigenvalue weighted by atomic mass is 9.69. The van der Waals surface area contributed by atoms with Gasteiger partial charge in [-0.1, -0.05) is 49.2 Å². The normalized spacial score (nSPS) is 16.8. The smallest absolute Gasteiger partial charge is 0.262 e. The van der Waals surface area contributed by atoms with Gasteiger partial charge in [-0.25, -0.2) is 9.97 Å². The zero-order valence-corrected chi connectivity index (χ0v) is 27.9. The number of fused-ring (bicyclic) bond motifs is 1. The van der Waals surface area contributed by atoms with E-state index in [0.29, 0.717) is 51.6 Å². The zero-order valence-electron chi connectivity index (χ0n) is 26.4. The molecule has 0 saturated heterocycles. The fourth-order valence-corrected chi connectivity index (χ4v) is 6.76. The van der Waals surface area contributed by atoms with Gasteiger partial charge >= 0.3 is 0 Å². The predicted molar refractivity (Wildman–Crippen MR) is 177 cm³/mol. The van der Waals surface area contributed by atoms with E-state index in [4.69, 9.17) is 37.8 Å². The Bertz CT molecular complexity index is 1890. The second-order valence-corrected chi connectivity index (χ2v) is 13.3. The minimum atomic E-state index is -0.439. The van der Waals surface area contributed by atoms with Crippen molar-refractivity contribution in [3.05, 3.63) is 92.0 Å². The molecule has 0 saturated carbocycles. The summed E-state index contributed by atoms with van der Waals surface area (Å²) < 4.78 is 13.3. The summed E-state index contributed by atoms with van der Waals surface area (Å²) in [6.07, 6.45) is 1.11. The number of nitrogens with zero attached hydrogens (tertiary/aromatic N) is 4. The van der Waals surface area contributed by atoms with Gasteiger partial charge in [-0.3, -0.25) is 9.59 Å². The molecule has 2 aliphatic rings. The van der Waals surface area contributed by atoms with Crippen molar-refractivity contribution in [1.29, 1.82) is 0 Å². The molecule has 4 aromatic rings. The lowest BCUT2D eigenvalue weighted by Crippen LogP contribution is -2.34. The van der Waals surface area contributed by atoms with Crippen molar-refractivity contribution in [2.24, 2.45) is 5.41 Å². The van der Waals surface area contributed by atoms with Crippen LogP contribution in [0.2, 0.25) is 10.0 Å². The highest BCUT2D eigenvalue weighted by atomic mass is 35.5. The van der Waals surface area contributed by atoms with Crippen molar-refractivity contribution in [1.82, 2.24) is 19.7 Å². The number of ether oxygens (including phenoxy) is 2. The van der Waals surface area contributed by atoms with Crippen LogP contribution in [-0.4, -0.2) is 45.2 Å². The third-order valence-electron chi connectivity index (χ3n) is 8.14. The van der Waals surface area contributed by atoms with Crippen LogP contribution in [0.3, 0.4) is 0 Å². The summed E-state index contributed by atoms with van der Waals surface area (Å²) in [6.45, 7) is 9.66. The van der Waals surface area contributed by atoms with Crippen LogP contribution in [0.25, 0.3) is 5.95 Å². The maximum Gasteiger partial charge on any atom is 0.262 e. The van der Waals surface area contributed by atoms with Crippen molar-refractivity contribution in [2.75, 3.05) is 24.4 Å². The number of ketones is 1. The third-order valence-corrected chi connectivity index (χ3v) is 8.77. The molecule has 1 amide bonds. The van der Waals surface area contributed by atoms with E-state index < -0.39 is 11.8 Å². The number of benzene rings is 2. The second kappa shape index (κ2) is 12.1. The van der Waals surface area contributed by atoms with E-state index in [9.17, 15) is 9.59 Å². The molecule has 0 bridgehead atoms. The molecule has 1 aliphatic carbocycles. The second-order valence-electron chi connectivity index (χ2n) is 12.4. The fraction of sp³-hybridized carbons (Fsp3) is 0.324. The average Bonchev–Trinajstić information content (AvgIpc) is 3.31. The number of nitrogens with one attached hydrogen (secondary N) is 2. The molecule has 2 aromatic carbocycles. The Morgan fingerprint density at radius 1 is 1.04 bits per heavy atom. The fourth-order valence-electron chi connectivity index (χ4n) is 6.27. The van der Waals surface area contributed by atoms with Gasteiger partial charge in [-0.2, -0.15) is 9.78 Å². The molecular weight excluding hydrogens is 627 g/mol. The van der Waals surface area contributed by atoms with Crippen LogP contribution in [0, 0.1) is 26.2 Å². The number of aromatic nitrogens is 4. The molecular formula is C34H34Cl2N6O4. The number of amides is 1. The number of rotatable bonds is 7. The van der Waals surface area contributed by atoms with Gasteiger partial charge in [0, 0.05) is 40.6 Å². The summed E-state index contributed by atoms with van der Waals surface area (Å²) in [6, 6.07) is 12.4. The van der Waals surface area contributed by atoms with E-state index in [1.807, 2.05) is 39.0 Å². The number of Topliss-reactive ketones (excluding diaryl/α,β-unsaturated/α-hetero) is 1. The number of anilines is 2. The number of para-hydroxylation sites is 1. The lowest BCUT2D eigenvalue weighted by molar-refractivity contribution is -0.119. The summed E-state index contributed by atoms with van der Waals surface area (Å²) in [5.74, 6) is 1.17. The quantitative estimate of drug-likeness (QED) is 0.215. The van der Waals surface area contributed by atoms with Crippen LogP contribution < -0.4 is 20.1 Å². The molecule has 0 spiro atoms. The topological polar surface area (TPSA) is 120 Å². The van der Waals surface area contributed by atoms with Gasteiger partial charge in [0.2, 0.25) is 0 Å². The molecule has 46 heavy (non-hydrogen) atoms. The first kappa shape index (κ1) is 31.6. The molecule has 2 N–H and O–H groups in total. The summed E-state index contributed by atoms with van der Waals surface area (Å²) in [5.41, 5.74) is 5.75. The van der Waals surface area contributed by atoms with Crippen LogP contribution in [0.4, 0.5) is 11.5 Å². The molecule has 2 aromatic heterocycles. The molecule has 10 nitrogen and oxygen atoms in total. The van der Waals surface area contributed by atoms with E-state index in [0.717, 1.165) is 39.7 Å². The van der Waals surface area contributed by atoms with Gasteiger partial charge in [0.05, 0.1) is 28.5 Å². The Kier molecular flexibility index (Phi) is 8.29. The van der Waals surface area contributed by atoms with Crippen molar-refractivity contribution in [2.45, 2.75) is 53.4 Å². The Labute approximate surface area is 277 Å². The molecule has 238 valence electrons. The van der Waals surface area contributed by atoms with Gasteiger partial charge in [0.25, 0.3) is 11.9 Å². The monoisotopic (exact) mass is 660 g/mol. The van der Waals surface area contributed by atoms with E-state index in [1.54, 1.807) is 28.9 Å². The maximum atomic E-state index is 13.8. The number of halogens is 2. The van der Waals surface area contributed by atoms with Gasteiger partial charge in [0.15, 0.2) is 23.9 Å². The van der Waals surface area contributed by atoms with Gasteiger partial charge in [-0.05, 0) is 68.5 Å². The van der Waals surface area contributed by atoms with E-state index >= 15 is 0 Å². The Morgan fingerprint density at radius 2 is 1.74 bits per heavy atom. The third kappa shape index (κ3) is 5.94. The molecule has 1 aliphatic heterocycles. The number of methoxy groups -OCH3 is 1. The standard InChI is InChI=1S/C34H34Cl2N6O4/c1-17-12-18(2)38-33(37-17)42-32-28(19(3)41-42)29(30-23(39-32)14-34(4,5)15-24(30)43)20-10-11-25(26(13-20)45-6)46-16-27(44)40-31-21(35)8-7-9-22(31)36/h7-13,29,39H,14-16H2,1-6H3,(H,40,44). The zero-order chi connectivity index (χ0) is 32.9. The maximum absolute atomic E-state index is 13.8. The number of hydrogen-bond donors (Lipinski definition) is 2. The molecule has 3 heterocycles. The summed E-state index contributed by atoms with van der Waals surface area (Å²) in [5, 5.41) is 11.8. The van der Waals surface area contributed by atoms with Crippen LogP contribution in [0.1, 0.15) is 60.8 Å². The van der Waals surface area contributed by atoms with Crippen molar-refractivity contribution < 1.29 is 19.1 Å². The number of carbonyl (C=O) groups excluding carboxylic acids is 2. The van der Waals surface area contributed by atoms with Crippen LogP contribution in [0.5, 0.6) is 11.5 Å². The largest absolute Gasteiger partial charge is 0.493 e. The average molecular weight is 662 g/mol. The number of aryl methyl sites for hydroxylation is 3. The first-order chi connectivity index (χ1) is 21.8. The van der Waals surface area contributed by atoms with Crippen LogP contribution in [0.15, 0.2) is 53.7 Å². The molecule has 0 fully saturated rings. The SMILES string of the molecule is COc1cc(C2C3=C(CC(C)(C)CC3=O)Nc3c2c(C)nn3-c2nc(C)cc(C)n2)ccc1OCC(=O)Nc1c(Cl)cccc1Cl. The minimum absolute atomic E-state index is 0.0818. The first-order valence-corrected chi connectivity index (χ1v) is 15.6. The minimum Gasteiger partial charge on any atom is -0.493 e. The molecule has 1 atom stereocenters. The van der Waals surface area contributed by atoms with Gasteiger partial charge < -0.3 is 20.1 Å².